The van der Waals surface area contributed by atoms with Gasteiger partial charge in [0.15, 0.2) is 0 Å². The molecule has 0 aliphatic carbocycles. The first kappa shape index (κ1) is 16.8. The number of hydrogen-bond acceptors (Lipinski definition) is 2. The van der Waals surface area contributed by atoms with E-state index in [4.69, 9.17) is 0 Å². The Morgan fingerprint density at radius 2 is 1.92 bits per heavy atom. The molecule has 4 nitrogen and oxygen atoms in total. The van der Waals surface area contributed by atoms with Gasteiger partial charge in [-0.3, -0.25) is 9.59 Å². The summed E-state index contributed by atoms with van der Waals surface area (Å²) in [5, 5.41) is 2.88. The maximum Gasteiger partial charge on any atom is 0.231 e. The van der Waals surface area contributed by atoms with Crippen molar-refractivity contribution in [3.63, 3.8) is 0 Å². The Morgan fingerprint density at radius 1 is 1.12 bits per heavy atom. The lowest BCUT2D eigenvalue weighted by Gasteiger charge is -2.32. The first-order valence-electron chi connectivity index (χ1n) is 9.31. The molecule has 2 amide bonds. The molecule has 2 aliphatic heterocycles. The van der Waals surface area contributed by atoms with Gasteiger partial charge in [-0.25, -0.2) is 0 Å². The minimum atomic E-state index is -0.382. The number of likely N-dealkylation sites (tertiary alicyclic amines) is 1. The van der Waals surface area contributed by atoms with Crippen molar-refractivity contribution in [2.45, 2.75) is 45.1 Å². The third-order valence-corrected chi connectivity index (χ3v) is 5.75. The molecule has 2 aromatic rings. The zero-order valence-corrected chi connectivity index (χ0v) is 15.3. The van der Waals surface area contributed by atoms with Crippen molar-refractivity contribution in [1.29, 1.82) is 0 Å². The van der Waals surface area contributed by atoms with Crippen LogP contribution in [0.2, 0.25) is 0 Å². The lowest BCUT2D eigenvalue weighted by atomic mass is 9.88. The normalized spacial score (nSPS) is 22.1. The van der Waals surface area contributed by atoms with Crippen LogP contribution in [-0.2, 0) is 9.59 Å². The molecule has 134 valence electrons. The van der Waals surface area contributed by atoms with Gasteiger partial charge in [0, 0.05) is 18.7 Å². The maximum atomic E-state index is 13.4. The molecule has 2 heterocycles. The van der Waals surface area contributed by atoms with E-state index < -0.39 is 0 Å². The van der Waals surface area contributed by atoms with Crippen LogP contribution in [-0.4, -0.2) is 23.3 Å². The average Bonchev–Trinajstić information content (AvgIpc) is 3.12. The number of nitrogens with zero attached hydrogens (tertiary/aromatic N) is 1. The summed E-state index contributed by atoms with van der Waals surface area (Å²) in [6, 6.07) is 14.2. The van der Waals surface area contributed by atoms with Gasteiger partial charge in [-0.2, -0.15) is 0 Å². The van der Waals surface area contributed by atoms with Crippen molar-refractivity contribution in [2.24, 2.45) is 0 Å². The molecule has 0 saturated carbocycles. The van der Waals surface area contributed by atoms with Crippen LogP contribution in [0.3, 0.4) is 0 Å². The van der Waals surface area contributed by atoms with Crippen molar-refractivity contribution >= 4 is 17.5 Å². The Hall–Kier alpha value is -2.62. The molecule has 2 atom stereocenters. The van der Waals surface area contributed by atoms with Crippen molar-refractivity contribution in [1.82, 2.24) is 4.90 Å². The monoisotopic (exact) mass is 348 g/mol. The Bertz CT molecular complexity index is 874. The molecular formula is C22H24N2O2. The topological polar surface area (TPSA) is 49.4 Å². The number of anilines is 1. The number of para-hydroxylation sites is 1. The average molecular weight is 348 g/mol. The van der Waals surface area contributed by atoms with Crippen molar-refractivity contribution in [2.75, 3.05) is 11.9 Å². The second kappa shape index (κ2) is 6.60. The standard InChI is InChI=1S/C22H24N2O2/c1-14-9-10-16(12-15(14)2)20-8-5-11-24(20)22(26)18-13-21(25)23-19-7-4-3-6-17(18)19/h3-4,6-7,9-10,12,18,20H,5,8,11,13H2,1-2H3,(H,23,25)/t18-,20+/m1/s1. The van der Waals surface area contributed by atoms with Gasteiger partial charge in [0.2, 0.25) is 11.8 Å². The first-order valence-corrected chi connectivity index (χ1v) is 9.31. The summed E-state index contributed by atoms with van der Waals surface area (Å²) < 4.78 is 0. The third-order valence-electron chi connectivity index (χ3n) is 5.75. The van der Waals surface area contributed by atoms with Gasteiger partial charge in [-0.05, 0) is 55.0 Å². The molecule has 2 aliphatic rings. The largest absolute Gasteiger partial charge is 0.335 e. The number of rotatable bonds is 2. The lowest BCUT2D eigenvalue weighted by Crippen LogP contribution is -2.38. The Morgan fingerprint density at radius 3 is 2.73 bits per heavy atom. The van der Waals surface area contributed by atoms with E-state index in [2.05, 4.69) is 37.4 Å². The first-order chi connectivity index (χ1) is 12.5. The highest BCUT2D eigenvalue weighted by molar-refractivity contribution is 6.01. The van der Waals surface area contributed by atoms with Crippen molar-refractivity contribution in [3.8, 4) is 0 Å². The highest BCUT2D eigenvalue weighted by atomic mass is 16.2. The number of hydrogen-bond donors (Lipinski definition) is 1. The molecule has 26 heavy (non-hydrogen) atoms. The van der Waals surface area contributed by atoms with Crippen LogP contribution < -0.4 is 5.32 Å². The molecule has 0 radical (unpaired) electrons. The Balaban J connectivity index is 1.65. The smallest absolute Gasteiger partial charge is 0.231 e. The SMILES string of the molecule is Cc1ccc([C@@H]2CCCN2C(=O)[C@@H]2CC(=O)Nc3ccccc32)cc1C. The van der Waals surface area contributed by atoms with E-state index in [1.54, 1.807) is 0 Å². The van der Waals surface area contributed by atoms with Crippen molar-refractivity contribution in [3.05, 3.63) is 64.7 Å². The van der Waals surface area contributed by atoms with E-state index in [1.807, 2.05) is 29.2 Å². The third kappa shape index (κ3) is 2.90. The van der Waals surface area contributed by atoms with E-state index in [0.717, 1.165) is 30.6 Å². The van der Waals surface area contributed by atoms with Crippen molar-refractivity contribution < 1.29 is 9.59 Å². The number of fused-ring (bicyclic) bond motifs is 1. The van der Waals surface area contributed by atoms with E-state index >= 15 is 0 Å². The van der Waals surface area contributed by atoms with Crippen LogP contribution in [0.5, 0.6) is 0 Å². The molecule has 0 spiro atoms. The molecule has 1 fully saturated rings. The molecule has 1 N–H and O–H groups in total. The lowest BCUT2D eigenvalue weighted by molar-refractivity contribution is -0.135. The number of carbonyl (C=O) groups excluding carboxylic acids is 2. The fourth-order valence-corrected chi connectivity index (χ4v) is 4.18. The summed E-state index contributed by atoms with van der Waals surface area (Å²) in [5.74, 6) is -0.385. The maximum absolute atomic E-state index is 13.4. The van der Waals surface area contributed by atoms with Crippen LogP contribution in [0, 0.1) is 13.8 Å². The number of carbonyl (C=O) groups is 2. The van der Waals surface area contributed by atoms with Gasteiger partial charge in [0.05, 0.1) is 12.0 Å². The molecule has 0 aromatic heterocycles. The Kier molecular flexibility index (Phi) is 4.27. The summed E-state index contributed by atoms with van der Waals surface area (Å²) in [7, 11) is 0. The van der Waals surface area contributed by atoms with Gasteiger partial charge >= 0.3 is 0 Å². The fourth-order valence-electron chi connectivity index (χ4n) is 4.18. The highest BCUT2D eigenvalue weighted by Crippen LogP contribution is 2.39. The molecule has 1 saturated heterocycles. The predicted octanol–water partition coefficient (Wildman–Crippen LogP) is 4.09. The highest BCUT2D eigenvalue weighted by Gasteiger charge is 2.38. The minimum Gasteiger partial charge on any atom is -0.335 e. The van der Waals surface area contributed by atoms with E-state index in [1.165, 1.54) is 16.7 Å². The van der Waals surface area contributed by atoms with Gasteiger partial charge < -0.3 is 10.2 Å². The number of benzene rings is 2. The number of aryl methyl sites for hydroxylation is 2. The zero-order chi connectivity index (χ0) is 18.3. The fraction of sp³-hybridized carbons (Fsp3) is 0.364. The second-order valence-electron chi connectivity index (χ2n) is 7.43. The van der Waals surface area contributed by atoms with Gasteiger partial charge in [0.25, 0.3) is 0 Å². The summed E-state index contributed by atoms with van der Waals surface area (Å²) in [6.07, 6.45) is 2.21. The molecule has 0 bridgehead atoms. The second-order valence-corrected chi connectivity index (χ2v) is 7.43. The number of nitrogens with one attached hydrogen (secondary N) is 1. The minimum absolute atomic E-state index is 0.0769. The molecule has 0 unspecified atom stereocenters. The quantitative estimate of drug-likeness (QED) is 0.888. The van der Waals surface area contributed by atoms with Gasteiger partial charge in [0.1, 0.15) is 0 Å². The summed E-state index contributed by atoms with van der Waals surface area (Å²) in [5.41, 5.74) is 5.42. The molecule has 4 heteroatoms. The van der Waals surface area contributed by atoms with Crippen LogP contribution in [0.1, 0.15) is 53.5 Å². The summed E-state index contributed by atoms with van der Waals surface area (Å²) in [4.78, 5) is 27.5. The predicted molar refractivity (Wildman–Crippen MR) is 102 cm³/mol. The van der Waals surface area contributed by atoms with Crippen LogP contribution in [0.15, 0.2) is 42.5 Å². The van der Waals surface area contributed by atoms with E-state index in [0.29, 0.717) is 0 Å². The molecule has 4 rings (SSSR count). The van der Waals surface area contributed by atoms with Gasteiger partial charge in [-0.15, -0.1) is 0 Å². The zero-order valence-electron chi connectivity index (χ0n) is 15.3. The summed E-state index contributed by atoms with van der Waals surface area (Å²) in [6.45, 7) is 4.98. The van der Waals surface area contributed by atoms with E-state index in [-0.39, 0.29) is 30.2 Å². The molecule has 2 aromatic carbocycles. The summed E-state index contributed by atoms with van der Waals surface area (Å²) >= 11 is 0. The van der Waals surface area contributed by atoms with Crippen LogP contribution in [0.25, 0.3) is 0 Å². The number of amides is 2. The van der Waals surface area contributed by atoms with Crippen LogP contribution >= 0.6 is 0 Å². The van der Waals surface area contributed by atoms with Gasteiger partial charge in [-0.1, -0.05) is 36.4 Å². The van der Waals surface area contributed by atoms with E-state index in [9.17, 15) is 9.59 Å². The van der Waals surface area contributed by atoms with Crippen LogP contribution in [0.4, 0.5) is 5.69 Å². The molecular weight excluding hydrogens is 324 g/mol. The Labute approximate surface area is 154 Å².